The number of hydrogen-bond acceptors (Lipinski definition) is 4. The van der Waals surface area contributed by atoms with Gasteiger partial charge >= 0.3 is 6.03 Å². The molecule has 2 amide bonds. The molecule has 4 aromatic rings. The number of urea groups is 1. The fraction of sp³-hybridized carbons (Fsp3) is 0.136. The van der Waals surface area contributed by atoms with Gasteiger partial charge in [-0.15, -0.1) is 11.3 Å². The number of thiazole rings is 1. The lowest BCUT2D eigenvalue weighted by molar-refractivity contribution is 0.239. The summed E-state index contributed by atoms with van der Waals surface area (Å²) in [7, 11) is 0. The third-order valence-electron chi connectivity index (χ3n) is 4.45. The predicted molar refractivity (Wildman–Crippen MR) is 114 cm³/mol. The van der Waals surface area contributed by atoms with Gasteiger partial charge in [-0.1, -0.05) is 60.7 Å². The van der Waals surface area contributed by atoms with Crippen molar-refractivity contribution in [2.24, 2.45) is 0 Å². The first-order valence-electron chi connectivity index (χ1n) is 9.38. The van der Waals surface area contributed by atoms with Gasteiger partial charge in [0.25, 0.3) is 0 Å². The first-order valence-corrected chi connectivity index (χ1v) is 10.3. The van der Waals surface area contributed by atoms with E-state index in [4.69, 9.17) is 0 Å². The van der Waals surface area contributed by atoms with Gasteiger partial charge in [0.1, 0.15) is 0 Å². The smallest absolute Gasteiger partial charge is 0.315 e. The molecule has 4 rings (SSSR count). The Hall–Kier alpha value is -3.45. The molecule has 2 N–H and O–H groups in total. The van der Waals surface area contributed by atoms with Gasteiger partial charge in [-0.05, 0) is 17.2 Å². The Morgan fingerprint density at radius 2 is 1.69 bits per heavy atom. The van der Waals surface area contributed by atoms with E-state index in [-0.39, 0.29) is 12.1 Å². The maximum absolute atomic E-state index is 12.5. The van der Waals surface area contributed by atoms with E-state index >= 15 is 0 Å². The lowest BCUT2D eigenvalue weighted by Gasteiger charge is -2.20. The molecule has 0 radical (unpaired) electrons. The highest BCUT2D eigenvalue weighted by molar-refractivity contribution is 7.12. The Labute approximate surface area is 173 Å². The van der Waals surface area contributed by atoms with Crippen LogP contribution in [0.1, 0.15) is 22.9 Å². The number of nitrogens with zero attached hydrogens (tertiary/aromatic N) is 3. The second-order valence-electron chi connectivity index (χ2n) is 6.48. The molecular weight excluding hydrogens is 382 g/mol. The molecule has 0 saturated carbocycles. The molecule has 6 nitrogen and oxygen atoms in total. The number of benzene rings is 2. The zero-order chi connectivity index (χ0) is 19.9. The minimum absolute atomic E-state index is 0.203. The number of aromatic nitrogens is 3. The number of amides is 2. The fourth-order valence-corrected chi connectivity index (χ4v) is 3.83. The second kappa shape index (κ2) is 9.16. The maximum Gasteiger partial charge on any atom is 0.315 e. The first-order chi connectivity index (χ1) is 14.3. The average Bonchev–Trinajstić information content (AvgIpc) is 3.45. The van der Waals surface area contributed by atoms with E-state index in [2.05, 4.69) is 20.7 Å². The lowest BCUT2D eigenvalue weighted by Crippen LogP contribution is -2.39. The third kappa shape index (κ3) is 4.89. The van der Waals surface area contributed by atoms with Crippen LogP contribution in [0.2, 0.25) is 0 Å². The van der Waals surface area contributed by atoms with Gasteiger partial charge in [0.2, 0.25) is 5.13 Å². The van der Waals surface area contributed by atoms with Crippen LogP contribution in [0.4, 0.5) is 4.79 Å². The predicted octanol–water partition coefficient (Wildman–Crippen LogP) is 3.96. The summed E-state index contributed by atoms with van der Waals surface area (Å²) in [5, 5.41) is 13.0. The van der Waals surface area contributed by atoms with Crippen LogP contribution in [0.5, 0.6) is 0 Å². The summed E-state index contributed by atoms with van der Waals surface area (Å²) in [6.45, 7) is 0.504. The van der Waals surface area contributed by atoms with Crippen LogP contribution in [0.3, 0.4) is 0 Å². The number of hydrogen-bond donors (Lipinski definition) is 2. The largest absolute Gasteiger partial charge is 0.338 e. The lowest BCUT2D eigenvalue weighted by atomic mass is 9.99. The van der Waals surface area contributed by atoms with Crippen molar-refractivity contribution >= 4 is 17.4 Å². The molecule has 7 heteroatoms. The van der Waals surface area contributed by atoms with Gasteiger partial charge in [0.05, 0.1) is 11.7 Å². The quantitative estimate of drug-likeness (QED) is 0.491. The number of carbonyl (C=O) groups is 1. The highest BCUT2D eigenvalue weighted by atomic mass is 32.1. The summed E-state index contributed by atoms with van der Waals surface area (Å²) < 4.78 is 1.73. The molecule has 0 unspecified atom stereocenters. The van der Waals surface area contributed by atoms with Crippen LogP contribution in [-0.4, -0.2) is 27.3 Å². The summed E-state index contributed by atoms with van der Waals surface area (Å²) >= 11 is 1.53. The minimum atomic E-state index is -0.205. The van der Waals surface area contributed by atoms with E-state index in [9.17, 15) is 4.79 Å². The van der Waals surface area contributed by atoms with Crippen molar-refractivity contribution in [3.05, 3.63) is 101 Å². The van der Waals surface area contributed by atoms with Crippen LogP contribution in [0.15, 0.2) is 84.5 Å². The number of carbonyl (C=O) groups excluding carboxylic acids is 1. The molecule has 0 saturated heterocycles. The van der Waals surface area contributed by atoms with E-state index in [0.717, 1.165) is 22.0 Å². The molecule has 0 fully saturated rings. The molecule has 0 bridgehead atoms. The van der Waals surface area contributed by atoms with Crippen molar-refractivity contribution in [2.75, 3.05) is 6.54 Å². The Morgan fingerprint density at radius 1 is 1.00 bits per heavy atom. The highest BCUT2D eigenvalue weighted by Gasteiger charge is 2.16. The Morgan fingerprint density at radius 3 is 2.31 bits per heavy atom. The topological polar surface area (TPSA) is 71.8 Å². The third-order valence-corrected chi connectivity index (χ3v) is 5.33. The molecule has 0 aliphatic heterocycles. The van der Waals surface area contributed by atoms with Crippen molar-refractivity contribution in [1.82, 2.24) is 25.4 Å². The molecule has 146 valence electrons. The Balaban J connectivity index is 1.35. The first kappa shape index (κ1) is 18.9. The normalized spacial score (nSPS) is 10.8. The van der Waals surface area contributed by atoms with Gasteiger partial charge in [-0.2, -0.15) is 5.10 Å². The van der Waals surface area contributed by atoms with Crippen molar-refractivity contribution in [3.63, 3.8) is 0 Å². The molecule has 2 aromatic carbocycles. The zero-order valence-electron chi connectivity index (χ0n) is 15.7. The standard InChI is InChI=1S/C22H21N5OS/c28-21(23-14-12-19-16-29-22(25-19)27-15-7-13-24-27)26-20(17-8-3-1-4-9-17)18-10-5-2-6-11-18/h1-11,13,15-16,20H,12,14H2,(H2,23,26,28). The molecule has 0 aliphatic rings. The van der Waals surface area contributed by atoms with Crippen molar-refractivity contribution in [2.45, 2.75) is 12.5 Å². The summed E-state index contributed by atoms with van der Waals surface area (Å²) in [4.78, 5) is 17.1. The van der Waals surface area contributed by atoms with Gasteiger partial charge in [0.15, 0.2) is 0 Å². The van der Waals surface area contributed by atoms with Gasteiger partial charge in [-0.3, -0.25) is 0 Å². The summed E-state index contributed by atoms with van der Waals surface area (Å²) in [6, 6.07) is 21.4. The molecule has 2 heterocycles. The van der Waals surface area contributed by atoms with Crippen molar-refractivity contribution < 1.29 is 4.79 Å². The summed E-state index contributed by atoms with van der Waals surface area (Å²) in [5.41, 5.74) is 3.01. The molecule has 0 aliphatic carbocycles. The molecule has 0 spiro atoms. The minimum Gasteiger partial charge on any atom is -0.338 e. The molecule has 2 aromatic heterocycles. The van der Waals surface area contributed by atoms with E-state index in [0.29, 0.717) is 13.0 Å². The van der Waals surface area contributed by atoms with E-state index in [1.54, 1.807) is 10.9 Å². The van der Waals surface area contributed by atoms with Crippen LogP contribution in [0.25, 0.3) is 5.13 Å². The number of rotatable bonds is 7. The Kier molecular flexibility index (Phi) is 5.97. The monoisotopic (exact) mass is 403 g/mol. The molecule has 29 heavy (non-hydrogen) atoms. The van der Waals surface area contributed by atoms with Crippen LogP contribution in [-0.2, 0) is 6.42 Å². The average molecular weight is 404 g/mol. The van der Waals surface area contributed by atoms with E-state index < -0.39 is 0 Å². The fourth-order valence-electron chi connectivity index (χ4n) is 3.03. The van der Waals surface area contributed by atoms with Gasteiger partial charge in [-0.25, -0.2) is 14.5 Å². The summed E-state index contributed by atoms with van der Waals surface area (Å²) in [5.74, 6) is 0. The summed E-state index contributed by atoms with van der Waals surface area (Å²) in [6.07, 6.45) is 4.25. The van der Waals surface area contributed by atoms with Crippen LogP contribution < -0.4 is 10.6 Å². The molecule has 0 atom stereocenters. The van der Waals surface area contributed by atoms with E-state index in [1.807, 2.05) is 78.3 Å². The van der Waals surface area contributed by atoms with Crippen molar-refractivity contribution in [1.29, 1.82) is 0 Å². The SMILES string of the molecule is O=C(NCCc1csc(-n2cccn2)n1)NC(c1ccccc1)c1ccccc1. The van der Waals surface area contributed by atoms with Crippen LogP contribution in [0, 0.1) is 0 Å². The second-order valence-corrected chi connectivity index (χ2v) is 7.31. The van der Waals surface area contributed by atoms with Crippen molar-refractivity contribution in [3.8, 4) is 5.13 Å². The van der Waals surface area contributed by atoms with Gasteiger partial charge in [0, 0.05) is 30.7 Å². The Bertz CT molecular complexity index is 992. The van der Waals surface area contributed by atoms with E-state index in [1.165, 1.54) is 11.3 Å². The molecular formula is C22H21N5OS. The maximum atomic E-state index is 12.5. The zero-order valence-corrected chi connectivity index (χ0v) is 16.5. The highest BCUT2D eigenvalue weighted by Crippen LogP contribution is 2.21. The van der Waals surface area contributed by atoms with Crippen LogP contribution >= 0.6 is 11.3 Å². The van der Waals surface area contributed by atoms with Gasteiger partial charge < -0.3 is 10.6 Å². The number of nitrogens with one attached hydrogen (secondary N) is 2.